The summed E-state index contributed by atoms with van der Waals surface area (Å²) in [6.45, 7) is 6.83. The maximum absolute atomic E-state index is 9.78. The smallest absolute Gasteiger partial charge is 0.122 e. The molecule has 0 fully saturated rings. The minimum atomic E-state index is -0.376. The zero-order valence-electron chi connectivity index (χ0n) is 10.0. The summed E-state index contributed by atoms with van der Waals surface area (Å²) in [5, 5.41) is 21.8. The van der Waals surface area contributed by atoms with E-state index in [2.05, 4.69) is 11.4 Å². The molecule has 0 spiro atoms. The Bertz CT molecular complexity index is 405. The first-order valence-electron chi connectivity index (χ1n) is 5.36. The molecule has 2 N–H and O–H groups in total. The van der Waals surface area contributed by atoms with Crippen LogP contribution in [0.5, 0.6) is 5.75 Å². The molecule has 0 aromatic heterocycles. The minimum Gasteiger partial charge on any atom is -0.507 e. The van der Waals surface area contributed by atoms with Crippen LogP contribution in [0.3, 0.4) is 0 Å². The molecule has 0 saturated carbocycles. The van der Waals surface area contributed by atoms with E-state index in [0.29, 0.717) is 18.8 Å². The molecule has 1 aromatic rings. The van der Waals surface area contributed by atoms with Crippen molar-refractivity contribution in [1.82, 2.24) is 5.32 Å². The third-order valence-electron chi connectivity index (χ3n) is 2.51. The zero-order chi connectivity index (χ0) is 12.2. The first kappa shape index (κ1) is 12.5. The van der Waals surface area contributed by atoms with Crippen LogP contribution in [0.25, 0.3) is 0 Å². The number of rotatable bonds is 4. The molecule has 1 aromatic carbocycles. The van der Waals surface area contributed by atoms with Gasteiger partial charge in [-0.1, -0.05) is 18.2 Å². The highest BCUT2D eigenvalue weighted by atomic mass is 16.3. The van der Waals surface area contributed by atoms with Gasteiger partial charge in [-0.2, -0.15) is 5.26 Å². The lowest BCUT2D eigenvalue weighted by atomic mass is 9.96. The molecule has 0 bridgehead atoms. The molecule has 16 heavy (non-hydrogen) atoms. The Hall–Kier alpha value is -1.53. The summed E-state index contributed by atoms with van der Waals surface area (Å²) in [6, 6.07) is 7.90. The molecule has 1 rings (SSSR count). The maximum atomic E-state index is 9.78. The number of benzene rings is 1. The van der Waals surface area contributed by atoms with Crippen molar-refractivity contribution in [2.75, 3.05) is 6.54 Å². The molecular weight excluding hydrogens is 200 g/mol. The number of hydrogen-bond acceptors (Lipinski definition) is 3. The van der Waals surface area contributed by atoms with Crippen LogP contribution in [-0.2, 0) is 6.54 Å². The van der Waals surface area contributed by atoms with Crippen molar-refractivity contribution in [3.8, 4) is 11.8 Å². The molecule has 0 unspecified atom stereocenters. The zero-order valence-corrected chi connectivity index (χ0v) is 10.0. The molecule has 0 aliphatic heterocycles. The standard InChI is InChI=1S/C13H18N2O/c1-10-5-4-6-11(12(10)16)7-15-9-13(2,3)8-14/h4-6,15-16H,7,9H2,1-3H3. The molecule has 3 heteroatoms. The summed E-state index contributed by atoms with van der Waals surface area (Å²) < 4.78 is 0. The first-order chi connectivity index (χ1) is 7.46. The number of nitrogens with zero attached hydrogens (tertiary/aromatic N) is 1. The summed E-state index contributed by atoms with van der Waals surface area (Å²) in [5.41, 5.74) is 1.37. The molecule has 0 heterocycles. The van der Waals surface area contributed by atoms with Crippen LogP contribution in [0.4, 0.5) is 0 Å². The highest BCUT2D eigenvalue weighted by Gasteiger charge is 2.15. The predicted molar refractivity (Wildman–Crippen MR) is 63.9 cm³/mol. The summed E-state index contributed by atoms with van der Waals surface area (Å²) in [6.07, 6.45) is 0. The Morgan fingerprint density at radius 3 is 2.75 bits per heavy atom. The van der Waals surface area contributed by atoms with Gasteiger partial charge in [0.25, 0.3) is 0 Å². The molecule has 86 valence electrons. The van der Waals surface area contributed by atoms with Crippen LogP contribution in [0.15, 0.2) is 18.2 Å². The second kappa shape index (κ2) is 5.00. The van der Waals surface area contributed by atoms with Crippen molar-refractivity contribution in [2.24, 2.45) is 5.41 Å². The van der Waals surface area contributed by atoms with Crippen LogP contribution in [-0.4, -0.2) is 11.7 Å². The van der Waals surface area contributed by atoms with E-state index < -0.39 is 0 Å². The topological polar surface area (TPSA) is 56.0 Å². The number of nitrogens with one attached hydrogen (secondary N) is 1. The van der Waals surface area contributed by atoms with Crippen LogP contribution in [0, 0.1) is 23.7 Å². The molecule has 3 nitrogen and oxygen atoms in total. The van der Waals surface area contributed by atoms with E-state index in [9.17, 15) is 5.11 Å². The van der Waals surface area contributed by atoms with Crippen molar-refractivity contribution in [3.63, 3.8) is 0 Å². The van der Waals surface area contributed by atoms with Gasteiger partial charge in [0.2, 0.25) is 0 Å². The van der Waals surface area contributed by atoms with Crippen molar-refractivity contribution < 1.29 is 5.11 Å². The molecule has 0 saturated heterocycles. The lowest BCUT2D eigenvalue weighted by Crippen LogP contribution is -2.27. The summed E-state index contributed by atoms with van der Waals surface area (Å²) in [4.78, 5) is 0. The molecule has 0 radical (unpaired) electrons. The number of para-hydroxylation sites is 1. The Balaban J connectivity index is 2.57. The van der Waals surface area contributed by atoms with Gasteiger partial charge in [-0.3, -0.25) is 0 Å². The monoisotopic (exact) mass is 218 g/mol. The molecular formula is C13H18N2O. The van der Waals surface area contributed by atoms with E-state index in [-0.39, 0.29) is 5.41 Å². The lowest BCUT2D eigenvalue weighted by Gasteiger charge is -2.16. The highest BCUT2D eigenvalue weighted by Crippen LogP contribution is 2.21. The Morgan fingerprint density at radius 2 is 2.12 bits per heavy atom. The van der Waals surface area contributed by atoms with Gasteiger partial charge in [-0.05, 0) is 26.3 Å². The van der Waals surface area contributed by atoms with Crippen LogP contribution in [0.2, 0.25) is 0 Å². The van der Waals surface area contributed by atoms with Gasteiger partial charge < -0.3 is 10.4 Å². The number of aryl methyl sites for hydroxylation is 1. The third-order valence-corrected chi connectivity index (χ3v) is 2.51. The van der Waals surface area contributed by atoms with Gasteiger partial charge in [-0.25, -0.2) is 0 Å². The number of nitriles is 1. The number of hydrogen-bond donors (Lipinski definition) is 2. The third kappa shape index (κ3) is 3.25. The molecule has 0 amide bonds. The minimum absolute atomic E-state index is 0.338. The van der Waals surface area contributed by atoms with E-state index in [0.717, 1.165) is 11.1 Å². The van der Waals surface area contributed by atoms with E-state index in [1.165, 1.54) is 0 Å². The van der Waals surface area contributed by atoms with E-state index >= 15 is 0 Å². The van der Waals surface area contributed by atoms with Gasteiger partial charge in [-0.15, -0.1) is 0 Å². The predicted octanol–water partition coefficient (Wildman–Crippen LogP) is 2.34. The Labute approximate surface area is 96.7 Å². The molecule has 0 aliphatic carbocycles. The van der Waals surface area contributed by atoms with Crippen molar-refractivity contribution in [1.29, 1.82) is 5.26 Å². The van der Waals surface area contributed by atoms with E-state index in [1.54, 1.807) is 0 Å². The fourth-order valence-corrected chi connectivity index (χ4v) is 1.41. The van der Waals surface area contributed by atoms with Crippen LogP contribution >= 0.6 is 0 Å². The number of phenols is 1. The van der Waals surface area contributed by atoms with Crippen LogP contribution in [0.1, 0.15) is 25.0 Å². The second-order valence-corrected chi connectivity index (χ2v) is 4.68. The fourth-order valence-electron chi connectivity index (χ4n) is 1.41. The maximum Gasteiger partial charge on any atom is 0.122 e. The fraction of sp³-hybridized carbons (Fsp3) is 0.462. The van der Waals surface area contributed by atoms with Crippen LogP contribution < -0.4 is 5.32 Å². The normalized spacial score (nSPS) is 11.1. The summed E-state index contributed by atoms with van der Waals surface area (Å²) in [7, 11) is 0. The summed E-state index contributed by atoms with van der Waals surface area (Å²) >= 11 is 0. The van der Waals surface area contributed by atoms with Gasteiger partial charge in [0.15, 0.2) is 0 Å². The quantitative estimate of drug-likeness (QED) is 0.815. The highest BCUT2D eigenvalue weighted by molar-refractivity contribution is 5.39. The summed E-state index contributed by atoms with van der Waals surface area (Å²) in [5.74, 6) is 0.338. The van der Waals surface area contributed by atoms with Crippen molar-refractivity contribution >= 4 is 0 Å². The van der Waals surface area contributed by atoms with E-state index in [4.69, 9.17) is 5.26 Å². The molecule has 0 aliphatic rings. The molecule has 0 atom stereocenters. The second-order valence-electron chi connectivity index (χ2n) is 4.68. The average Bonchev–Trinajstić information content (AvgIpc) is 2.24. The van der Waals surface area contributed by atoms with E-state index in [1.807, 2.05) is 39.0 Å². The van der Waals surface area contributed by atoms with Gasteiger partial charge in [0, 0.05) is 18.7 Å². The number of phenolic OH excluding ortho intramolecular Hbond substituents is 1. The van der Waals surface area contributed by atoms with Gasteiger partial charge in [0.05, 0.1) is 11.5 Å². The number of aromatic hydroxyl groups is 1. The first-order valence-corrected chi connectivity index (χ1v) is 5.36. The average molecular weight is 218 g/mol. The van der Waals surface area contributed by atoms with Gasteiger partial charge >= 0.3 is 0 Å². The van der Waals surface area contributed by atoms with Crippen molar-refractivity contribution in [3.05, 3.63) is 29.3 Å². The Kier molecular flexibility index (Phi) is 3.92. The van der Waals surface area contributed by atoms with Crippen molar-refractivity contribution in [2.45, 2.75) is 27.3 Å². The SMILES string of the molecule is Cc1cccc(CNCC(C)(C)C#N)c1O. The Morgan fingerprint density at radius 1 is 1.44 bits per heavy atom. The van der Waals surface area contributed by atoms with Gasteiger partial charge in [0.1, 0.15) is 5.75 Å². The lowest BCUT2D eigenvalue weighted by molar-refractivity contribution is 0.431. The largest absolute Gasteiger partial charge is 0.507 e.